The van der Waals surface area contributed by atoms with Gasteiger partial charge in [0.05, 0.1) is 5.52 Å². The minimum atomic E-state index is 0.393. The van der Waals surface area contributed by atoms with Gasteiger partial charge in [-0.1, -0.05) is 12.5 Å². The van der Waals surface area contributed by atoms with Crippen LogP contribution in [0.5, 0.6) is 5.75 Å². The molecule has 0 spiro atoms. The van der Waals surface area contributed by atoms with Crippen molar-refractivity contribution in [1.82, 2.24) is 9.47 Å². The highest BCUT2D eigenvalue weighted by atomic mass is 16.3. The third kappa shape index (κ3) is 2.35. The second-order valence-electron chi connectivity index (χ2n) is 5.43. The van der Waals surface area contributed by atoms with Crippen LogP contribution in [-0.4, -0.2) is 27.7 Å². The molecule has 2 aromatic rings. The number of phenolic OH excluding ortho intramolecular Hbond substituents is 1. The highest BCUT2D eigenvalue weighted by molar-refractivity contribution is 5.87. The number of piperidine rings is 1. The molecular weight excluding hydrogens is 236 g/mol. The zero-order chi connectivity index (χ0) is 13.2. The molecule has 19 heavy (non-hydrogen) atoms. The van der Waals surface area contributed by atoms with Crippen molar-refractivity contribution in [3.05, 3.63) is 30.0 Å². The van der Waals surface area contributed by atoms with E-state index in [1.165, 1.54) is 38.0 Å². The van der Waals surface area contributed by atoms with Gasteiger partial charge in [-0.05, 0) is 51.1 Å². The van der Waals surface area contributed by atoms with Crippen molar-refractivity contribution in [1.29, 1.82) is 0 Å². The zero-order valence-electron chi connectivity index (χ0n) is 11.6. The maximum Gasteiger partial charge on any atom is 0.124 e. The molecule has 3 nitrogen and oxygen atoms in total. The molecule has 102 valence electrons. The van der Waals surface area contributed by atoms with Gasteiger partial charge in [0.15, 0.2) is 0 Å². The van der Waals surface area contributed by atoms with E-state index in [2.05, 4.69) is 28.5 Å². The lowest BCUT2D eigenvalue weighted by molar-refractivity contribution is 0.216. The predicted octanol–water partition coefficient (Wildman–Crippen LogP) is 3.35. The van der Waals surface area contributed by atoms with Crippen LogP contribution in [0, 0.1) is 0 Å². The number of hydrogen-bond acceptors (Lipinski definition) is 2. The lowest BCUT2D eigenvalue weighted by Gasteiger charge is -2.26. The molecule has 3 rings (SSSR count). The molecule has 0 atom stereocenters. The van der Waals surface area contributed by atoms with E-state index in [0.717, 1.165) is 24.0 Å². The van der Waals surface area contributed by atoms with E-state index in [-0.39, 0.29) is 0 Å². The molecule has 1 aliphatic rings. The number of phenols is 1. The van der Waals surface area contributed by atoms with Crippen LogP contribution in [-0.2, 0) is 13.1 Å². The number of aryl methyl sites for hydroxylation is 1. The molecule has 0 saturated carbocycles. The van der Waals surface area contributed by atoms with Gasteiger partial charge in [-0.15, -0.1) is 0 Å². The van der Waals surface area contributed by atoms with E-state index >= 15 is 0 Å². The van der Waals surface area contributed by atoms with Crippen molar-refractivity contribution in [3.63, 3.8) is 0 Å². The van der Waals surface area contributed by atoms with Crippen molar-refractivity contribution in [2.45, 2.75) is 39.3 Å². The molecule has 1 aromatic heterocycles. The van der Waals surface area contributed by atoms with Gasteiger partial charge < -0.3 is 9.67 Å². The summed E-state index contributed by atoms with van der Waals surface area (Å²) in [5.41, 5.74) is 2.47. The Morgan fingerprint density at radius 1 is 1.16 bits per heavy atom. The molecule has 1 fully saturated rings. The van der Waals surface area contributed by atoms with Crippen molar-refractivity contribution in [2.24, 2.45) is 0 Å². The third-order valence-electron chi connectivity index (χ3n) is 4.16. The number of likely N-dealkylation sites (tertiary alicyclic amines) is 1. The standard InChI is InChI=1S/C16H22N2O/c1-2-18-13(12-17-9-4-3-5-10-17)11-14-15(18)7-6-8-16(14)19/h6-8,11,19H,2-5,9-10,12H2,1H3. The van der Waals surface area contributed by atoms with Gasteiger partial charge in [0.2, 0.25) is 0 Å². The quantitative estimate of drug-likeness (QED) is 0.914. The Labute approximate surface area is 114 Å². The normalized spacial score (nSPS) is 17.1. The number of rotatable bonds is 3. The van der Waals surface area contributed by atoms with Crippen molar-refractivity contribution < 1.29 is 5.11 Å². The molecule has 1 aromatic carbocycles. The Bertz CT molecular complexity index is 567. The van der Waals surface area contributed by atoms with E-state index in [1.807, 2.05) is 6.07 Å². The summed E-state index contributed by atoms with van der Waals surface area (Å²) in [6.07, 6.45) is 4.00. The smallest absolute Gasteiger partial charge is 0.124 e. The molecule has 0 aliphatic carbocycles. The van der Waals surface area contributed by atoms with E-state index in [1.54, 1.807) is 6.07 Å². The summed E-state index contributed by atoms with van der Waals surface area (Å²) in [6, 6.07) is 7.95. The fourth-order valence-corrected chi connectivity index (χ4v) is 3.17. The summed E-state index contributed by atoms with van der Waals surface area (Å²) in [6.45, 7) is 6.54. The van der Waals surface area contributed by atoms with Crippen LogP contribution in [0.2, 0.25) is 0 Å². The molecule has 0 radical (unpaired) electrons. The third-order valence-corrected chi connectivity index (χ3v) is 4.16. The van der Waals surface area contributed by atoms with Crippen LogP contribution in [0.25, 0.3) is 10.9 Å². The van der Waals surface area contributed by atoms with E-state index < -0.39 is 0 Å². The van der Waals surface area contributed by atoms with Crippen LogP contribution >= 0.6 is 0 Å². The Morgan fingerprint density at radius 3 is 2.68 bits per heavy atom. The lowest BCUT2D eigenvalue weighted by Crippen LogP contribution is -2.29. The van der Waals surface area contributed by atoms with Gasteiger partial charge in [0.1, 0.15) is 5.75 Å². The minimum absolute atomic E-state index is 0.393. The van der Waals surface area contributed by atoms with Crippen molar-refractivity contribution in [3.8, 4) is 5.75 Å². The lowest BCUT2D eigenvalue weighted by atomic mass is 10.1. The first kappa shape index (κ1) is 12.5. The van der Waals surface area contributed by atoms with E-state index in [0.29, 0.717) is 5.75 Å². The summed E-state index contributed by atoms with van der Waals surface area (Å²) in [7, 11) is 0. The predicted molar refractivity (Wildman–Crippen MR) is 78.4 cm³/mol. The van der Waals surface area contributed by atoms with Gasteiger partial charge in [-0.3, -0.25) is 4.90 Å². The highest BCUT2D eigenvalue weighted by Crippen LogP contribution is 2.28. The first-order valence-electron chi connectivity index (χ1n) is 7.32. The average molecular weight is 258 g/mol. The summed E-state index contributed by atoms with van der Waals surface area (Å²) in [4.78, 5) is 2.53. The Hall–Kier alpha value is -1.48. The fraction of sp³-hybridized carbons (Fsp3) is 0.500. The Kier molecular flexibility index (Phi) is 3.47. The van der Waals surface area contributed by atoms with Crippen LogP contribution in [0.15, 0.2) is 24.3 Å². The van der Waals surface area contributed by atoms with Gasteiger partial charge in [-0.2, -0.15) is 0 Å². The molecule has 1 saturated heterocycles. The number of hydrogen-bond donors (Lipinski definition) is 1. The first-order valence-corrected chi connectivity index (χ1v) is 7.32. The zero-order valence-corrected chi connectivity index (χ0v) is 11.6. The SMILES string of the molecule is CCn1c(CN2CCCCC2)cc2c(O)cccc21. The monoisotopic (exact) mass is 258 g/mol. The minimum Gasteiger partial charge on any atom is -0.507 e. The molecule has 0 bridgehead atoms. The van der Waals surface area contributed by atoms with Crippen molar-refractivity contribution in [2.75, 3.05) is 13.1 Å². The average Bonchev–Trinajstić information content (AvgIpc) is 2.79. The highest BCUT2D eigenvalue weighted by Gasteiger charge is 2.15. The molecule has 3 heteroatoms. The number of nitrogens with zero attached hydrogens (tertiary/aromatic N) is 2. The summed E-state index contributed by atoms with van der Waals surface area (Å²) < 4.78 is 2.32. The van der Waals surface area contributed by atoms with Crippen LogP contribution in [0.3, 0.4) is 0 Å². The Balaban J connectivity index is 1.95. The van der Waals surface area contributed by atoms with Crippen LogP contribution < -0.4 is 0 Å². The van der Waals surface area contributed by atoms with Crippen LogP contribution in [0.1, 0.15) is 31.9 Å². The Morgan fingerprint density at radius 2 is 1.95 bits per heavy atom. The fourth-order valence-electron chi connectivity index (χ4n) is 3.17. The first-order chi connectivity index (χ1) is 9.29. The van der Waals surface area contributed by atoms with Gasteiger partial charge in [-0.25, -0.2) is 0 Å². The number of fused-ring (bicyclic) bond motifs is 1. The number of benzene rings is 1. The molecule has 0 unspecified atom stereocenters. The summed E-state index contributed by atoms with van der Waals surface area (Å²) >= 11 is 0. The summed E-state index contributed by atoms with van der Waals surface area (Å²) in [5, 5.41) is 11.0. The largest absolute Gasteiger partial charge is 0.507 e. The summed E-state index contributed by atoms with van der Waals surface area (Å²) in [5.74, 6) is 0.393. The van der Waals surface area contributed by atoms with Crippen LogP contribution in [0.4, 0.5) is 0 Å². The molecule has 2 heterocycles. The maximum atomic E-state index is 9.98. The van der Waals surface area contributed by atoms with E-state index in [9.17, 15) is 5.11 Å². The molecule has 0 amide bonds. The topological polar surface area (TPSA) is 28.4 Å². The molecule has 1 N–H and O–H groups in total. The second-order valence-corrected chi connectivity index (χ2v) is 5.43. The molecule has 1 aliphatic heterocycles. The van der Waals surface area contributed by atoms with Crippen molar-refractivity contribution >= 4 is 10.9 Å². The number of aromatic nitrogens is 1. The van der Waals surface area contributed by atoms with E-state index in [4.69, 9.17) is 0 Å². The second kappa shape index (κ2) is 5.25. The maximum absolute atomic E-state index is 9.98. The van der Waals surface area contributed by atoms with Gasteiger partial charge >= 0.3 is 0 Å². The molecular formula is C16H22N2O. The van der Waals surface area contributed by atoms with Gasteiger partial charge in [0, 0.05) is 24.2 Å². The number of aromatic hydroxyl groups is 1. The van der Waals surface area contributed by atoms with Gasteiger partial charge in [0.25, 0.3) is 0 Å².